The van der Waals surface area contributed by atoms with Gasteiger partial charge in [0.05, 0.1) is 49.3 Å². The highest BCUT2D eigenvalue weighted by atomic mass is 32.1. The van der Waals surface area contributed by atoms with Crippen molar-refractivity contribution in [3.05, 3.63) is 84.5 Å². The number of hydrogen-bond acceptors (Lipinski definition) is 8. The molecule has 0 amide bonds. The molecule has 0 saturated carbocycles. The number of fused-ring (bicyclic) bond motifs is 1. The molecule has 2 heterocycles. The van der Waals surface area contributed by atoms with Crippen LogP contribution in [-0.4, -0.2) is 38.0 Å². The second-order valence-corrected chi connectivity index (χ2v) is 10.5. The number of thiazole rings is 1. The zero-order chi connectivity index (χ0) is 28.1. The number of methoxy groups -OCH3 is 2. The first-order valence-electron chi connectivity index (χ1n) is 12.9. The Bertz CT molecular complexity index is 1550. The SMILES string of the molecule is CCOC(=O)C1=C(C)N=c2s/c(=C/c3ccc(OCCC(C)C)c(OC)c3)c(=O)n2[C@H]1c1ccc(OC)cc1. The first-order valence-corrected chi connectivity index (χ1v) is 13.7. The van der Waals surface area contributed by atoms with Gasteiger partial charge in [-0.2, -0.15) is 0 Å². The molecule has 1 atom stereocenters. The summed E-state index contributed by atoms with van der Waals surface area (Å²) in [5.41, 5.74) is 2.16. The van der Waals surface area contributed by atoms with Crippen molar-refractivity contribution >= 4 is 23.4 Å². The van der Waals surface area contributed by atoms with Gasteiger partial charge in [-0.3, -0.25) is 9.36 Å². The number of carbonyl (C=O) groups is 1. The smallest absolute Gasteiger partial charge is 0.338 e. The fourth-order valence-electron chi connectivity index (χ4n) is 4.34. The summed E-state index contributed by atoms with van der Waals surface area (Å²) in [7, 11) is 3.18. The number of benzene rings is 2. The van der Waals surface area contributed by atoms with Gasteiger partial charge in [-0.25, -0.2) is 9.79 Å². The van der Waals surface area contributed by atoms with Crippen molar-refractivity contribution in [2.45, 2.75) is 40.2 Å². The van der Waals surface area contributed by atoms with Crippen LogP contribution >= 0.6 is 11.3 Å². The van der Waals surface area contributed by atoms with Crippen LogP contribution in [0.25, 0.3) is 6.08 Å². The van der Waals surface area contributed by atoms with Gasteiger partial charge in [-0.05, 0) is 67.7 Å². The molecule has 0 aliphatic carbocycles. The van der Waals surface area contributed by atoms with Gasteiger partial charge in [0.15, 0.2) is 16.3 Å². The predicted octanol–water partition coefficient (Wildman–Crippen LogP) is 4.24. The Morgan fingerprint density at radius 2 is 1.85 bits per heavy atom. The quantitative estimate of drug-likeness (QED) is 0.351. The number of ether oxygens (including phenoxy) is 4. The lowest BCUT2D eigenvalue weighted by molar-refractivity contribution is -0.139. The number of rotatable bonds is 10. The molecule has 0 bridgehead atoms. The summed E-state index contributed by atoms with van der Waals surface area (Å²) >= 11 is 1.27. The van der Waals surface area contributed by atoms with E-state index in [-0.39, 0.29) is 12.2 Å². The number of carbonyl (C=O) groups excluding carboxylic acids is 1. The second kappa shape index (κ2) is 12.3. The van der Waals surface area contributed by atoms with Gasteiger partial charge in [0, 0.05) is 0 Å². The largest absolute Gasteiger partial charge is 0.497 e. The Balaban J connectivity index is 1.80. The van der Waals surface area contributed by atoms with E-state index in [1.165, 1.54) is 11.3 Å². The maximum atomic E-state index is 13.8. The molecule has 9 heteroatoms. The molecule has 0 N–H and O–H groups in total. The van der Waals surface area contributed by atoms with E-state index in [4.69, 9.17) is 18.9 Å². The van der Waals surface area contributed by atoms with Crippen LogP contribution in [0.5, 0.6) is 17.2 Å². The summed E-state index contributed by atoms with van der Waals surface area (Å²) in [6.07, 6.45) is 2.74. The highest BCUT2D eigenvalue weighted by Gasteiger charge is 2.33. The molecule has 1 aliphatic rings. The average molecular weight is 551 g/mol. The predicted molar refractivity (Wildman–Crippen MR) is 151 cm³/mol. The Hall–Kier alpha value is -3.85. The van der Waals surface area contributed by atoms with E-state index < -0.39 is 12.0 Å². The molecular formula is C30H34N2O6S. The van der Waals surface area contributed by atoms with Crippen molar-refractivity contribution in [2.75, 3.05) is 27.4 Å². The molecule has 0 spiro atoms. The van der Waals surface area contributed by atoms with Crippen LogP contribution < -0.4 is 29.1 Å². The second-order valence-electron chi connectivity index (χ2n) is 9.52. The molecule has 3 aromatic rings. The van der Waals surface area contributed by atoms with E-state index in [9.17, 15) is 9.59 Å². The molecule has 0 unspecified atom stereocenters. The van der Waals surface area contributed by atoms with Gasteiger partial charge >= 0.3 is 5.97 Å². The third kappa shape index (κ3) is 6.09. The zero-order valence-electron chi connectivity index (χ0n) is 23.1. The molecule has 0 saturated heterocycles. The molecule has 0 radical (unpaired) electrons. The van der Waals surface area contributed by atoms with Gasteiger partial charge in [0.2, 0.25) is 0 Å². The van der Waals surface area contributed by atoms with E-state index in [1.54, 1.807) is 50.8 Å². The van der Waals surface area contributed by atoms with Crippen molar-refractivity contribution in [1.29, 1.82) is 0 Å². The first kappa shape index (κ1) is 28.2. The van der Waals surface area contributed by atoms with Gasteiger partial charge in [0.1, 0.15) is 5.75 Å². The monoisotopic (exact) mass is 550 g/mol. The molecule has 4 rings (SSSR count). The van der Waals surface area contributed by atoms with Crippen molar-refractivity contribution in [2.24, 2.45) is 10.9 Å². The van der Waals surface area contributed by atoms with Crippen LogP contribution in [-0.2, 0) is 9.53 Å². The van der Waals surface area contributed by atoms with E-state index >= 15 is 0 Å². The lowest BCUT2D eigenvalue weighted by Crippen LogP contribution is -2.39. The summed E-state index contributed by atoms with van der Waals surface area (Å²) < 4.78 is 24.2. The maximum Gasteiger partial charge on any atom is 0.338 e. The Morgan fingerprint density at radius 3 is 2.49 bits per heavy atom. The van der Waals surface area contributed by atoms with Gasteiger partial charge < -0.3 is 18.9 Å². The van der Waals surface area contributed by atoms with Crippen LogP contribution in [0.1, 0.15) is 51.3 Å². The van der Waals surface area contributed by atoms with E-state index in [1.807, 2.05) is 30.3 Å². The lowest BCUT2D eigenvalue weighted by atomic mass is 9.96. The highest BCUT2D eigenvalue weighted by molar-refractivity contribution is 7.07. The van der Waals surface area contributed by atoms with Crippen LogP contribution in [0.4, 0.5) is 0 Å². The number of allylic oxidation sites excluding steroid dienone is 1. The maximum absolute atomic E-state index is 13.8. The fourth-order valence-corrected chi connectivity index (χ4v) is 5.39. The van der Waals surface area contributed by atoms with Gasteiger partial charge in [-0.1, -0.05) is 43.4 Å². The third-order valence-corrected chi connectivity index (χ3v) is 7.37. The fraction of sp³-hybridized carbons (Fsp3) is 0.367. The first-order chi connectivity index (χ1) is 18.8. The van der Waals surface area contributed by atoms with Crippen molar-refractivity contribution in [3.8, 4) is 17.2 Å². The molecule has 0 fully saturated rings. The molecule has 2 aromatic carbocycles. The molecule has 1 aliphatic heterocycles. The minimum atomic E-state index is -0.681. The van der Waals surface area contributed by atoms with Gasteiger partial charge in [-0.15, -0.1) is 0 Å². The molecule has 206 valence electrons. The minimum absolute atomic E-state index is 0.217. The van der Waals surface area contributed by atoms with Crippen LogP contribution in [0.3, 0.4) is 0 Å². The zero-order valence-corrected chi connectivity index (χ0v) is 24.0. The van der Waals surface area contributed by atoms with Crippen LogP contribution in [0, 0.1) is 5.92 Å². The summed E-state index contributed by atoms with van der Waals surface area (Å²) in [6.45, 7) is 8.63. The topological polar surface area (TPSA) is 88.4 Å². The Labute approximate surface area is 231 Å². The molecule has 1 aromatic heterocycles. The summed E-state index contributed by atoms with van der Waals surface area (Å²) in [5.74, 6) is 1.97. The van der Waals surface area contributed by atoms with Crippen LogP contribution in [0.15, 0.2) is 63.5 Å². The average Bonchev–Trinajstić information content (AvgIpc) is 3.22. The highest BCUT2D eigenvalue weighted by Crippen LogP contribution is 2.32. The number of esters is 1. The van der Waals surface area contributed by atoms with Gasteiger partial charge in [0.25, 0.3) is 5.56 Å². The normalized spacial score (nSPS) is 15.2. The lowest BCUT2D eigenvalue weighted by Gasteiger charge is -2.24. The minimum Gasteiger partial charge on any atom is -0.497 e. The Kier molecular flexibility index (Phi) is 8.91. The number of nitrogens with zero attached hydrogens (tertiary/aromatic N) is 2. The molecule has 8 nitrogen and oxygen atoms in total. The standard InChI is InChI=1S/C30H34N2O6S/c1-7-37-29(34)26-19(4)31-30-32(27(26)21-9-11-22(35-5)12-10-21)28(33)25(39-30)17-20-8-13-23(24(16-20)36-6)38-15-14-18(2)3/h8-13,16-18,27H,7,14-15H2,1-6H3/b25-17+/t27-/m0/s1. The van der Waals surface area contributed by atoms with Crippen LogP contribution in [0.2, 0.25) is 0 Å². The van der Waals surface area contributed by atoms with E-state index in [2.05, 4.69) is 18.8 Å². The Morgan fingerprint density at radius 1 is 1.10 bits per heavy atom. The summed E-state index contributed by atoms with van der Waals surface area (Å²) in [6, 6.07) is 12.2. The number of hydrogen-bond donors (Lipinski definition) is 0. The summed E-state index contributed by atoms with van der Waals surface area (Å²) in [5, 5.41) is 0. The molecular weight excluding hydrogens is 516 g/mol. The third-order valence-electron chi connectivity index (χ3n) is 6.39. The molecule has 39 heavy (non-hydrogen) atoms. The van der Waals surface area contributed by atoms with Crippen molar-refractivity contribution in [3.63, 3.8) is 0 Å². The van der Waals surface area contributed by atoms with Crippen molar-refractivity contribution in [1.82, 2.24) is 4.57 Å². The summed E-state index contributed by atoms with van der Waals surface area (Å²) in [4.78, 5) is 32.0. The van der Waals surface area contributed by atoms with E-state index in [0.29, 0.717) is 50.4 Å². The van der Waals surface area contributed by atoms with Crippen molar-refractivity contribution < 1.29 is 23.7 Å². The van der Waals surface area contributed by atoms with E-state index in [0.717, 1.165) is 17.5 Å². The number of aromatic nitrogens is 1.